The van der Waals surface area contributed by atoms with Crippen LogP contribution in [0.3, 0.4) is 0 Å². The summed E-state index contributed by atoms with van der Waals surface area (Å²) in [7, 11) is -5.85. The fourth-order valence-corrected chi connectivity index (χ4v) is 4.39. The van der Waals surface area contributed by atoms with E-state index in [1.54, 1.807) is 0 Å². The van der Waals surface area contributed by atoms with Crippen LogP contribution in [0.4, 0.5) is 0 Å². The molecule has 34 heavy (non-hydrogen) atoms. The maximum Gasteiger partial charge on any atom is 0.745 e. The molecule has 2 N–H and O–H groups in total. The quantitative estimate of drug-likeness (QED) is 0.353. The van der Waals surface area contributed by atoms with Gasteiger partial charge in [-0.3, -0.25) is 0 Å². The minimum Gasteiger partial charge on any atom is -0.131 e. The topological polar surface area (TPSA) is 83.8 Å². The van der Waals surface area contributed by atoms with Crippen LogP contribution in [-0.2, 0) is 24.3 Å². The van der Waals surface area contributed by atoms with Crippen LogP contribution in [0.1, 0.15) is 58.2 Å². The Bertz CT molecular complexity index is 1130. The predicted molar refractivity (Wildman–Crippen MR) is 140 cm³/mol. The van der Waals surface area contributed by atoms with Gasteiger partial charge in [-0.25, -0.2) is 0 Å². The molecule has 0 aliphatic rings. The Morgan fingerprint density at radius 2 is 1.09 bits per heavy atom. The molecule has 0 aliphatic carbocycles. The molecule has 0 amide bonds. The first-order chi connectivity index (χ1) is 15.7. The summed E-state index contributed by atoms with van der Waals surface area (Å²) in [5, 5.41) is 0. The summed E-state index contributed by atoms with van der Waals surface area (Å²) < 4.78 is 22.2. The van der Waals surface area contributed by atoms with Crippen molar-refractivity contribution in [1.82, 2.24) is 0 Å². The van der Waals surface area contributed by atoms with Gasteiger partial charge < -0.3 is 0 Å². The number of hydrogen-bond acceptors (Lipinski definition) is 3. The first-order valence-electron chi connectivity index (χ1n) is 11.0. The minimum atomic E-state index is -2.92. The summed E-state index contributed by atoms with van der Waals surface area (Å²) in [6, 6.07) is 24.4. The summed E-state index contributed by atoms with van der Waals surface area (Å²) in [6.07, 6.45) is 0. The smallest absolute Gasteiger partial charge is 0.131 e. The average molecular weight is 501 g/mol. The molecule has 2 unspecified atom stereocenters. The van der Waals surface area contributed by atoms with E-state index in [1.165, 1.54) is 38.9 Å². The molecule has 0 bridgehead atoms. The van der Waals surface area contributed by atoms with Gasteiger partial charge in [0.05, 0.1) is 0 Å². The van der Waals surface area contributed by atoms with Gasteiger partial charge in [0.1, 0.15) is 0 Å². The average Bonchev–Trinajstić information content (AvgIpc) is 2.72. The Labute approximate surface area is 204 Å². The van der Waals surface area contributed by atoms with Crippen molar-refractivity contribution in [1.29, 1.82) is 0 Å². The maximum absolute atomic E-state index is 9.39. The van der Waals surface area contributed by atoms with E-state index in [1.807, 2.05) is 0 Å². The largest absolute Gasteiger partial charge is 0.745 e. The van der Waals surface area contributed by atoms with Crippen molar-refractivity contribution in [3.63, 3.8) is 0 Å². The molecular weight excluding hydrogens is 466 g/mol. The standard InChI is InChI=1S/C27H32.O5P2/c1-19-17-23(25(27(5,6)7)18-24(19)26(2,3)4)22-15-13-21(14-16-22)20-11-9-8-10-12-20;1-6(2)5-7(3)4/h8-18H,1-7H3;/p+2. The molecule has 2 atom stereocenters. The summed E-state index contributed by atoms with van der Waals surface area (Å²) >= 11 is 0. The second kappa shape index (κ2) is 11.4. The van der Waals surface area contributed by atoms with Crippen molar-refractivity contribution in [2.75, 3.05) is 0 Å². The highest BCUT2D eigenvalue weighted by Crippen LogP contribution is 2.39. The van der Waals surface area contributed by atoms with Crippen LogP contribution in [0.5, 0.6) is 0 Å². The molecular formula is C27H34O5P2+2. The van der Waals surface area contributed by atoms with Crippen molar-refractivity contribution in [2.45, 2.75) is 59.3 Å². The Morgan fingerprint density at radius 3 is 1.50 bits per heavy atom. The van der Waals surface area contributed by atoms with Gasteiger partial charge in [0, 0.05) is 9.13 Å². The zero-order chi connectivity index (χ0) is 25.7. The summed E-state index contributed by atoms with van der Waals surface area (Å²) in [5.74, 6) is 0. The summed E-state index contributed by atoms with van der Waals surface area (Å²) in [6.45, 7) is 16.1. The Morgan fingerprint density at radius 1 is 0.647 bits per heavy atom. The van der Waals surface area contributed by atoms with Gasteiger partial charge in [0.25, 0.3) is 0 Å². The van der Waals surface area contributed by atoms with Crippen LogP contribution in [-0.4, -0.2) is 9.79 Å². The lowest BCUT2D eigenvalue weighted by Gasteiger charge is -2.29. The number of aryl methyl sites for hydroxylation is 1. The highest BCUT2D eigenvalue weighted by atomic mass is 31.2. The molecule has 0 radical (unpaired) electrons. The van der Waals surface area contributed by atoms with Crippen LogP contribution >= 0.6 is 16.5 Å². The van der Waals surface area contributed by atoms with E-state index in [0.29, 0.717) is 0 Å². The highest BCUT2D eigenvalue weighted by molar-refractivity contribution is 7.46. The van der Waals surface area contributed by atoms with Crippen LogP contribution < -0.4 is 0 Å². The SMILES string of the molecule is Cc1cc(-c2ccc(-c3ccccc3)cc2)c(C(C)(C)C)cc1C(C)(C)C.O=[P+](O)O[P+](=O)O. The lowest BCUT2D eigenvalue weighted by Crippen LogP contribution is -2.18. The third-order valence-electron chi connectivity index (χ3n) is 5.42. The molecule has 3 aromatic carbocycles. The molecule has 180 valence electrons. The van der Waals surface area contributed by atoms with E-state index in [2.05, 4.69) is 120 Å². The molecule has 0 saturated carbocycles. The second-order valence-electron chi connectivity index (χ2n) is 10.2. The fourth-order valence-electron chi connectivity index (χ4n) is 3.91. The fraction of sp³-hybridized carbons (Fsp3) is 0.333. The van der Waals surface area contributed by atoms with Crippen LogP contribution in [0.15, 0.2) is 66.7 Å². The van der Waals surface area contributed by atoms with Gasteiger partial charge in [0.2, 0.25) is 0 Å². The van der Waals surface area contributed by atoms with Gasteiger partial charge in [-0.05, 0) is 56.7 Å². The molecule has 0 saturated heterocycles. The van der Waals surface area contributed by atoms with E-state index >= 15 is 0 Å². The predicted octanol–water partition coefficient (Wildman–Crippen LogP) is 8.23. The van der Waals surface area contributed by atoms with Gasteiger partial charge in [-0.15, -0.1) is 9.79 Å². The molecule has 3 aromatic rings. The van der Waals surface area contributed by atoms with Crippen molar-refractivity contribution < 1.29 is 23.2 Å². The third-order valence-corrected chi connectivity index (χ3v) is 6.54. The van der Waals surface area contributed by atoms with Gasteiger partial charge >= 0.3 is 16.5 Å². The van der Waals surface area contributed by atoms with E-state index in [4.69, 9.17) is 9.79 Å². The third kappa shape index (κ3) is 7.91. The number of rotatable bonds is 4. The normalized spacial score (nSPS) is 12.5. The van der Waals surface area contributed by atoms with Gasteiger partial charge in [-0.2, -0.15) is 0 Å². The zero-order valence-corrected chi connectivity index (χ0v) is 22.7. The number of hydrogen-bond donors (Lipinski definition) is 2. The van der Waals surface area contributed by atoms with E-state index < -0.39 is 16.5 Å². The summed E-state index contributed by atoms with van der Waals surface area (Å²) in [5.41, 5.74) is 9.66. The number of benzene rings is 3. The molecule has 0 heterocycles. The first kappa shape index (κ1) is 28.0. The monoisotopic (exact) mass is 500 g/mol. The van der Waals surface area contributed by atoms with Crippen LogP contribution in [0.25, 0.3) is 22.3 Å². The lowest BCUT2D eigenvalue weighted by molar-refractivity contribution is 0.371. The lowest BCUT2D eigenvalue weighted by atomic mass is 9.75. The summed E-state index contributed by atoms with van der Waals surface area (Å²) in [4.78, 5) is 15.3. The van der Waals surface area contributed by atoms with E-state index in [-0.39, 0.29) is 10.8 Å². The van der Waals surface area contributed by atoms with Crippen molar-refractivity contribution in [2.24, 2.45) is 0 Å². The Kier molecular flexibility index (Phi) is 9.42. The minimum absolute atomic E-state index is 0.0983. The zero-order valence-electron chi connectivity index (χ0n) is 20.9. The van der Waals surface area contributed by atoms with E-state index in [0.717, 1.165) is 0 Å². The Balaban J connectivity index is 0.000000509. The maximum atomic E-state index is 9.39. The van der Waals surface area contributed by atoms with Crippen LogP contribution in [0.2, 0.25) is 0 Å². The van der Waals surface area contributed by atoms with Gasteiger partial charge in [0.15, 0.2) is 4.31 Å². The van der Waals surface area contributed by atoms with Crippen molar-refractivity contribution in [3.8, 4) is 22.3 Å². The molecule has 0 aliphatic heterocycles. The van der Waals surface area contributed by atoms with Crippen molar-refractivity contribution in [3.05, 3.63) is 83.4 Å². The first-order valence-corrected chi connectivity index (χ1v) is 13.3. The molecule has 5 nitrogen and oxygen atoms in total. The van der Waals surface area contributed by atoms with Crippen molar-refractivity contribution >= 4 is 16.5 Å². The molecule has 0 fully saturated rings. The molecule has 7 heteroatoms. The van der Waals surface area contributed by atoms with Gasteiger partial charge in [-0.1, -0.05) is 108 Å². The second-order valence-corrected chi connectivity index (χ2v) is 11.8. The molecule has 3 rings (SSSR count). The van der Waals surface area contributed by atoms with Crippen LogP contribution in [0, 0.1) is 6.92 Å². The highest BCUT2D eigenvalue weighted by Gasteiger charge is 2.31. The Hall–Kier alpha value is -2.26. The molecule has 0 aromatic heterocycles. The van der Waals surface area contributed by atoms with E-state index in [9.17, 15) is 9.13 Å². The molecule has 0 spiro atoms.